The van der Waals surface area contributed by atoms with Crippen LogP contribution in [0, 0.1) is 13.8 Å². The van der Waals surface area contributed by atoms with Gasteiger partial charge in [0.1, 0.15) is 11.1 Å². The summed E-state index contributed by atoms with van der Waals surface area (Å²) < 4.78 is 2.83. The van der Waals surface area contributed by atoms with Gasteiger partial charge in [-0.25, -0.2) is 4.68 Å². The number of amides is 1. The summed E-state index contributed by atoms with van der Waals surface area (Å²) in [4.78, 5) is 13.2. The first-order valence-electron chi connectivity index (χ1n) is 8.50. The molecular weight excluding hydrogens is 426 g/mol. The van der Waals surface area contributed by atoms with Crippen molar-refractivity contribution in [1.29, 1.82) is 0 Å². The Balaban J connectivity index is 1.66. The Labute approximate surface area is 169 Å². The maximum atomic E-state index is 13.2. The van der Waals surface area contributed by atoms with E-state index in [2.05, 4.69) is 36.9 Å². The Morgan fingerprint density at radius 1 is 1.19 bits per heavy atom. The van der Waals surface area contributed by atoms with Crippen molar-refractivity contribution in [3.05, 3.63) is 70.0 Å². The summed E-state index contributed by atoms with van der Waals surface area (Å²) in [7, 11) is 0. The van der Waals surface area contributed by atoms with Gasteiger partial charge < -0.3 is 10.7 Å². The van der Waals surface area contributed by atoms with Crippen molar-refractivity contribution < 1.29 is 4.79 Å². The molecule has 1 amide bonds. The SMILES string of the molecule is Cc1cc(Br)ccc1NC(=O)[C@@H]1Sc2nnc(C)n2N[C@@H]1c1ccccc1. The highest BCUT2D eigenvalue weighted by molar-refractivity contribution is 9.10. The third-order valence-corrected chi connectivity index (χ3v) is 6.17. The van der Waals surface area contributed by atoms with Crippen molar-refractivity contribution in [2.75, 3.05) is 10.7 Å². The second-order valence-corrected chi connectivity index (χ2v) is 8.39. The molecule has 27 heavy (non-hydrogen) atoms. The van der Waals surface area contributed by atoms with Crippen LogP contribution in [0.4, 0.5) is 5.69 Å². The number of benzene rings is 2. The zero-order valence-corrected chi connectivity index (χ0v) is 17.2. The molecule has 1 aliphatic rings. The lowest BCUT2D eigenvalue weighted by Crippen LogP contribution is -2.41. The molecular formula is C19H18BrN5OS. The minimum atomic E-state index is -0.383. The van der Waals surface area contributed by atoms with Crippen molar-refractivity contribution in [3.63, 3.8) is 0 Å². The standard InChI is InChI=1S/C19H18BrN5OS/c1-11-10-14(20)8-9-15(11)21-18(26)17-16(13-6-4-3-5-7-13)24-25-12(2)22-23-19(25)27-17/h3-10,16-17,24H,1-2H3,(H,21,26)/t16-,17-/m1/s1. The average molecular weight is 444 g/mol. The number of nitrogens with zero attached hydrogens (tertiary/aromatic N) is 3. The number of aryl methyl sites for hydroxylation is 2. The van der Waals surface area contributed by atoms with E-state index in [1.807, 2.05) is 67.1 Å². The molecule has 138 valence electrons. The Kier molecular flexibility index (Phi) is 4.92. The Hall–Kier alpha value is -2.32. The number of fused-ring (bicyclic) bond motifs is 1. The van der Waals surface area contributed by atoms with Crippen LogP contribution in [0.5, 0.6) is 0 Å². The lowest BCUT2D eigenvalue weighted by atomic mass is 10.0. The monoisotopic (exact) mass is 443 g/mol. The topological polar surface area (TPSA) is 71.8 Å². The average Bonchev–Trinajstić information content (AvgIpc) is 3.04. The summed E-state index contributed by atoms with van der Waals surface area (Å²) in [5.41, 5.74) is 6.25. The number of nitrogens with one attached hydrogen (secondary N) is 2. The molecule has 0 fully saturated rings. The van der Waals surface area contributed by atoms with E-state index in [1.165, 1.54) is 11.8 Å². The summed E-state index contributed by atoms with van der Waals surface area (Å²) in [6.07, 6.45) is 0. The molecule has 0 radical (unpaired) electrons. The summed E-state index contributed by atoms with van der Waals surface area (Å²) in [5.74, 6) is 0.694. The Morgan fingerprint density at radius 3 is 2.70 bits per heavy atom. The summed E-state index contributed by atoms with van der Waals surface area (Å²) in [6, 6.07) is 15.6. The number of rotatable bonds is 3. The summed E-state index contributed by atoms with van der Waals surface area (Å²) in [6.45, 7) is 3.86. The number of carbonyl (C=O) groups excluding carboxylic acids is 1. The Bertz CT molecular complexity index is 991. The van der Waals surface area contributed by atoms with Crippen LogP contribution < -0.4 is 10.7 Å². The zero-order chi connectivity index (χ0) is 19.0. The first-order valence-corrected chi connectivity index (χ1v) is 10.2. The number of halogens is 1. The predicted molar refractivity (Wildman–Crippen MR) is 110 cm³/mol. The molecule has 1 aromatic heterocycles. The molecule has 8 heteroatoms. The normalized spacial score (nSPS) is 18.5. The van der Waals surface area contributed by atoms with Crippen LogP contribution in [0.2, 0.25) is 0 Å². The van der Waals surface area contributed by atoms with Gasteiger partial charge in [0.05, 0.1) is 6.04 Å². The fourth-order valence-electron chi connectivity index (χ4n) is 3.04. The van der Waals surface area contributed by atoms with Crippen molar-refractivity contribution >= 4 is 39.3 Å². The van der Waals surface area contributed by atoms with E-state index in [-0.39, 0.29) is 17.2 Å². The molecule has 2 heterocycles. The molecule has 0 spiro atoms. The van der Waals surface area contributed by atoms with Gasteiger partial charge in [-0.3, -0.25) is 4.79 Å². The number of hydrogen-bond acceptors (Lipinski definition) is 5. The molecule has 0 saturated carbocycles. The van der Waals surface area contributed by atoms with Crippen LogP contribution in [0.25, 0.3) is 0 Å². The Morgan fingerprint density at radius 2 is 1.96 bits per heavy atom. The van der Waals surface area contributed by atoms with Crippen LogP contribution in [-0.2, 0) is 4.79 Å². The van der Waals surface area contributed by atoms with Crippen LogP contribution >= 0.6 is 27.7 Å². The molecule has 0 bridgehead atoms. The van der Waals surface area contributed by atoms with Crippen molar-refractivity contribution in [2.24, 2.45) is 0 Å². The fourth-order valence-corrected chi connectivity index (χ4v) is 4.64. The predicted octanol–water partition coefficient (Wildman–Crippen LogP) is 4.06. The number of aromatic nitrogens is 3. The van der Waals surface area contributed by atoms with Gasteiger partial charge >= 0.3 is 0 Å². The molecule has 1 aliphatic heterocycles. The molecule has 2 N–H and O–H groups in total. The van der Waals surface area contributed by atoms with Gasteiger partial charge in [-0.05, 0) is 43.2 Å². The van der Waals surface area contributed by atoms with E-state index in [0.717, 1.165) is 27.1 Å². The maximum Gasteiger partial charge on any atom is 0.240 e. The highest BCUT2D eigenvalue weighted by atomic mass is 79.9. The van der Waals surface area contributed by atoms with Crippen molar-refractivity contribution in [3.8, 4) is 0 Å². The van der Waals surface area contributed by atoms with Crippen molar-refractivity contribution in [1.82, 2.24) is 14.9 Å². The number of carbonyl (C=O) groups is 1. The number of anilines is 1. The van der Waals surface area contributed by atoms with E-state index in [1.54, 1.807) is 0 Å². The quantitative estimate of drug-likeness (QED) is 0.638. The highest BCUT2D eigenvalue weighted by Gasteiger charge is 2.37. The van der Waals surface area contributed by atoms with E-state index in [4.69, 9.17) is 0 Å². The third kappa shape index (κ3) is 3.59. The first kappa shape index (κ1) is 18.1. The second kappa shape index (κ2) is 7.36. The maximum absolute atomic E-state index is 13.2. The van der Waals surface area contributed by atoms with Gasteiger partial charge in [0.15, 0.2) is 0 Å². The van der Waals surface area contributed by atoms with Gasteiger partial charge in [0.25, 0.3) is 0 Å². The molecule has 2 aromatic carbocycles. The fraction of sp³-hybridized carbons (Fsp3) is 0.211. The van der Waals surface area contributed by atoms with Crippen LogP contribution in [0.15, 0.2) is 58.2 Å². The molecule has 0 unspecified atom stereocenters. The minimum Gasteiger partial charge on any atom is -0.325 e. The van der Waals surface area contributed by atoms with Gasteiger partial charge in [-0.2, -0.15) is 0 Å². The summed E-state index contributed by atoms with van der Waals surface area (Å²) in [5, 5.41) is 11.7. The lowest BCUT2D eigenvalue weighted by molar-refractivity contribution is -0.116. The van der Waals surface area contributed by atoms with Crippen LogP contribution in [0.3, 0.4) is 0 Å². The smallest absolute Gasteiger partial charge is 0.240 e. The zero-order valence-electron chi connectivity index (χ0n) is 14.8. The third-order valence-electron chi connectivity index (χ3n) is 4.46. The molecule has 0 saturated heterocycles. The minimum absolute atomic E-state index is 0.0707. The molecule has 4 rings (SSSR count). The van der Waals surface area contributed by atoms with Gasteiger partial charge in [-0.15, -0.1) is 10.2 Å². The molecule has 2 atom stereocenters. The van der Waals surface area contributed by atoms with Gasteiger partial charge in [-0.1, -0.05) is 58.0 Å². The number of thioether (sulfide) groups is 1. The largest absolute Gasteiger partial charge is 0.325 e. The van der Waals surface area contributed by atoms with E-state index in [0.29, 0.717) is 5.16 Å². The van der Waals surface area contributed by atoms with E-state index >= 15 is 0 Å². The second-order valence-electron chi connectivity index (χ2n) is 6.37. The molecule has 0 aliphatic carbocycles. The molecule has 6 nitrogen and oxygen atoms in total. The van der Waals surface area contributed by atoms with Crippen molar-refractivity contribution in [2.45, 2.75) is 30.3 Å². The van der Waals surface area contributed by atoms with Gasteiger partial charge in [0, 0.05) is 10.2 Å². The van der Waals surface area contributed by atoms with E-state index < -0.39 is 0 Å². The van der Waals surface area contributed by atoms with Gasteiger partial charge in [0.2, 0.25) is 11.1 Å². The number of hydrogen-bond donors (Lipinski definition) is 2. The first-order chi connectivity index (χ1) is 13.0. The van der Waals surface area contributed by atoms with Crippen LogP contribution in [0.1, 0.15) is 23.0 Å². The molecule has 3 aromatic rings. The van der Waals surface area contributed by atoms with E-state index in [9.17, 15) is 4.79 Å². The summed E-state index contributed by atoms with van der Waals surface area (Å²) >= 11 is 4.88. The lowest BCUT2D eigenvalue weighted by Gasteiger charge is -2.32. The van der Waals surface area contributed by atoms with Crippen LogP contribution in [-0.4, -0.2) is 26.0 Å². The highest BCUT2D eigenvalue weighted by Crippen LogP contribution is 2.37.